The fourth-order valence-corrected chi connectivity index (χ4v) is 2.00. The van der Waals surface area contributed by atoms with Crippen LogP contribution >= 0.6 is 0 Å². The quantitative estimate of drug-likeness (QED) is 0.607. The summed E-state index contributed by atoms with van der Waals surface area (Å²) >= 11 is 0. The molecule has 0 bridgehead atoms. The third-order valence-electron chi connectivity index (χ3n) is 3.08. The van der Waals surface area contributed by atoms with Crippen molar-refractivity contribution in [1.82, 2.24) is 5.32 Å². The molecule has 2 aliphatic rings. The first-order valence-corrected chi connectivity index (χ1v) is 6.73. The lowest BCUT2D eigenvalue weighted by Crippen LogP contribution is -2.20. The maximum absolute atomic E-state index is 11.1. The molecular formula is C14H23NO3. The van der Waals surface area contributed by atoms with E-state index >= 15 is 0 Å². The zero-order valence-corrected chi connectivity index (χ0v) is 11.2. The van der Waals surface area contributed by atoms with Gasteiger partial charge in [0.05, 0.1) is 0 Å². The van der Waals surface area contributed by atoms with Crippen molar-refractivity contribution >= 4 is 11.9 Å². The lowest BCUT2D eigenvalue weighted by atomic mass is 9.98. The smallest absolute Gasteiger partial charge is 0.333 e. The van der Waals surface area contributed by atoms with Crippen molar-refractivity contribution in [3.05, 3.63) is 12.2 Å². The molecule has 0 radical (unpaired) electrons. The van der Waals surface area contributed by atoms with E-state index < -0.39 is 0 Å². The molecule has 0 atom stereocenters. The predicted molar refractivity (Wildman–Crippen MR) is 70.0 cm³/mol. The predicted octanol–water partition coefficient (Wildman–Crippen LogP) is 2.33. The van der Waals surface area contributed by atoms with Crippen LogP contribution in [-0.4, -0.2) is 24.5 Å². The van der Waals surface area contributed by atoms with Gasteiger partial charge in [-0.1, -0.05) is 13.0 Å². The molecule has 1 saturated heterocycles. The molecule has 1 N–H and O–H groups in total. The summed E-state index contributed by atoms with van der Waals surface area (Å²) in [5.74, 6) is -0.0306. The van der Waals surface area contributed by atoms with Gasteiger partial charge in [-0.3, -0.25) is 4.79 Å². The summed E-state index contributed by atoms with van der Waals surface area (Å²) in [6, 6.07) is 0. The first kappa shape index (κ1) is 14.7. The van der Waals surface area contributed by atoms with Crippen LogP contribution in [0.4, 0.5) is 0 Å². The van der Waals surface area contributed by atoms with Crippen molar-refractivity contribution < 1.29 is 14.3 Å². The summed E-state index contributed by atoms with van der Waals surface area (Å²) in [6.07, 6.45) is 7.63. The first-order valence-electron chi connectivity index (χ1n) is 6.73. The Hall–Kier alpha value is -1.32. The number of carbonyl (C=O) groups is 2. The third kappa shape index (κ3) is 5.84. The molecule has 4 heteroatoms. The van der Waals surface area contributed by atoms with Crippen molar-refractivity contribution in [2.75, 3.05) is 6.54 Å². The second-order valence-corrected chi connectivity index (χ2v) is 4.90. The Morgan fingerprint density at radius 3 is 2.33 bits per heavy atom. The van der Waals surface area contributed by atoms with E-state index in [0.717, 1.165) is 32.2 Å². The topological polar surface area (TPSA) is 55.4 Å². The van der Waals surface area contributed by atoms with Crippen LogP contribution in [0.15, 0.2) is 12.2 Å². The molecule has 1 amide bonds. The molecule has 2 fully saturated rings. The van der Waals surface area contributed by atoms with E-state index in [4.69, 9.17) is 4.74 Å². The van der Waals surface area contributed by atoms with Gasteiger partial charge in [-0.2, -0.15) is 0 Å². The number of hydrogen-bond donors (Lipinski definition) is 1. The number of rotatable bonds is 2. The summed E-state index contributed by atoms with van der Waals surface area (Å²) < 4.78 is 5.21. The van der Waals surface area contributed by atoms with Gasteiger partial charge in [-0.15, -0.1) is 0 Å². The van der Waals surface area contributed by atoms with Crippen molar-refractivity contribution in [3.63, 3.8) is 0 Å². The van der Waals surface area contributed by atoms with Crippen LogP contribution in [0.25, 0.3) is 0 Å². The van der Waals surface area contributed by atoms with Gasteiger partial charge in [-0.25, -0.2) is 4.79 Å². The van der Waals surface area contributed by atoms with Gasteiger partial charge < -0.3 is 10.1 Å². The molecule has 0 aromatic heterocycles. The largest absolute Gasteiger partial charge is 0.459 e. The maximum Gasteiger partial charge on any atom is 0.333 e. The summed E-state index contributed by atoms with van der Waals surface area (Å²) in [4.78, 5) is 21.2. The average Bonchev–Trinajstić information content (AvgIpc) is 2.82. The monoisotopic (exact) mass is 253 g/mol. The van der Waals surface area contributed by atoms with Crippen LogP contribution in [0.1, 0.15) is 51.9 Å². The van der Waals surface area contributed by atoms with Crippen molar-refractivity contribution in [3.8, 4) is 0 Å². The van der Waals surface area contributed by atoms with E-state index in [1.54, 1.807) is 6.92 Å². The second kappa shape index (κ2) is 7.90. The van der Waals surface area contributed by atoms with Crippen molar-refractivity contribution in [1.29, 1.82) is 0 Å². The van der Waals surface area contributed by atoms with E-state index in [2.05, 4.69) is 11.9 Å². The number of ether oxygens (including phenoxy) is 1. The summed E-state index contributed by atoms with van der Waals surface area (Å²) in [5.41, 5.74) is 0.501. The van der Waals surface area contributed by atoms with Gasteiger partial charge >= 0.3 is 5.97 Å². The molecule has 0 aromatic rings. The minimum Gasteiger partial charge on any atom is -0.459 e. The van der Waals surface area contributed by atoms with Gasteiger partial charge in [0.2, 0.25) is 5.91 Å². The molecule has 1 aliphatic carbocycles. The Kier molecular flexibility index (Phi) is 6.47. The molecule has 0 unspecified atom stereocenters. The van der Waals surface area contributed by atoms with E-state index in [0.29, 0.717) is 5.57 Å². The molecule has 1 aliphatic heterocycles. The second-order valence-electron chi connectivity index (χ2n) is 4.90. The van der Waals surface area contributed by atoms with E-state index in [1.807, 2.05) is 0 Å². The molecule has 1 heterocycles. The van der Waals surface area contributed by atoms with E-state index in [1.165, 1.54) is 19.3 Å². The molecule has 4 nitrogen and oxygen atoms in total. The maximum atomic E-state index is 11.1. The summed E-state index contributed by atoms with van der Waals surface area (Å²) in [5, 5.41) is 2.68. The number of esters is 1. The highest BCUT2D eigenvalue weighted by molar-refractivity contribution is 5.87. The van der Waals surface area contributed by atoms with Crippen molar-refractivity contribution in [2.45, 2.75) is 58.0 Å². The molecule has 2 rings (SSSR count). The van der Waals surface area contributed by atoms with Crippen LogP contribution in [0.3, 0.4) is 0 Å². The fourth-order valence-electron chi connectivity index (χ4n) is 2.00. The highest BCUT2D eigenvalue weighted by Gasteiger charge is 2.17. The van der Waals surface area contributed by atoms with E-state index in [-0.39, 0.29) is 18.0 Å². The van der Waals surface area contributed by atoms with E-state index in [9.17, 15) is 9.59 Å². The minimum absolute atomic E-state index is 0.156. The first-order chi connectivity index (χ1) is 8.59. The highest BCUT2D eigenvalue weighted by Crippen LogP contribution is 2.20. The zero-order valence-electron chi connectivity index (χ0n) is 11.2. The number of nitrogens with one attached hydrogen (secondary N) is 1. The molecular weight excluding hydrogens is 230 g/mol. The summed E-state index contributed by atoms with van der Waals surface area (Å²) in [6.45, 7) is 6.12. The zero-order chi connectivity index (χ0) is 13.4. The van der Waals surface area contributed by atoms with Gasteiger partial charge in [0.25, 0.3) is 0 Å². The van der Waals surface area contributed by atoms with Crippen LogP contribution in [0.5, 0.6) is 0 Å². The molecule has 18 heavy (non-hydrogen) atoms. The summed E-state index contributed by atoms with van der Waals surface area (Å²) in [7, 11) is 0. The lowest BCUT2D eigenvalue weighted by molar-refractivity contribution is -0.145. The Morgan fingerprint density at radius 2 is 1.94 bits per heavy atom. The standard InChI is InChI=1S/C10H16O2.C4H7NO/c1-8(2)10(11)12-9-6-4-3-5-7-9;6-4-2-1-3-5-4/h9H,1,3-7H2,2H3;1-3H2,(H,5,6). The van der Waals surface area contributed by atoms with Gasteiger partial charge in [0.15, 0.2) is 0 Å². The Morgan fingerprint density at radius 1 is 1.28 bits per heavy atom. The van der Waals surface area contributed by atoms with Gasteiger partial charge in [-0.05, 0) is 39.0 Å². The fraction of sp³-hybridized carbons (Fsp3) is 0.714. The molecule has 0 spiro atoms. The number of amides is 1. The minimum atomic E-state index is -0.234. The van der Waals surface area contributed by atoms with Crippen LogP contribution in [-0.2, 0) is 14.3 Å². The molecule has 1 saturated carbocycles. The third-order valence-corrected chi connectivity index (χ3v) is 3.08. The van der Waals surface area contributed by atoms with Gasteiger partial charge in [0, 0.05) is 18.5 Å². The molecule has 102 valence electrons. The van der Waals surface area contributed by atoms with Gasteiger partial charge in [0.1, 0.15) is 6.10 Å². The normalized spacial score (nSPS) is 19.5. The number of hydrogen-bond acceptors (Lipinski definition) is 3. The SMILES string of the molecule is C=C(C)C(=O)OC1CCCCC1.O=C1CCCN1. The van der Waals surface area contributed by atoms with Crippen LogP contribution in [0.2, 0.25) is 0 Å². The average molecular weight is 253 g/mol. The highest BCUT2D eigenvalue weighted by atomic mass is 16.5. The lowest BCUT2D eigenvalue weighted by Gasteiger charge is -2.21. The molecule has 0 aromatic carbocycles. The van der Waals surface area contributed by atoms with Crippen LogP contribution in [0, 0.1) is 0 Å². The van der Waals surface area contributed by atoms with Crippen LogP contribution < -0.4 is 5.32 Å². The van der Waals surface area contributed by atoms with Crippen molar-refractivity contribution in [2.24, 2.45) is 0 Å². The number of carbonyl (C=O) groups excluding carboxylic acids is 2. The Labute approximate surface area is 109 Å². The Bertz CT molecular complexity index is 298. The Balaban J connectivity index is 0.000000225.